The van der Waals surface area contributed by atoms with Crippen LogP contribution in [-0.2, 0) is 0 Å². The van der Waals surface area contributed by atoms with Gasteiger partial charge in [0.2, 0.25) is 0 Å². The Labute approximate surface area is 161 Å². The average molecular weight is 377 g/mol. The number of aliphatic hydroxyl groups excluding tert-OH is 1. The standard InChI is InChI=1S/C22H19NO5/c1-26-19-5-2-4-16-12-20(28-21(16)19)22(25)23-13-17(24)14-7-9-15(10-8-14)18-6-3-11-27-18/h2-12,17,24H,13H2,1H3,(H,23,25)/t17-/m1/s1. The summed E-state index contributed by atoms with van der Waals surface area (Å²) in [6, 6.07) is 18.1. The van der Waals surface area contributed by atoms with Crippen molar-refractivity contribution in [3.8, 4) is 17.1 Å². The number of carbonyl (C=O) groups excluding carboxylic acids is 1. The summed E-state index contributed by atoms with van der Waals surface area (Å²) in [6.07, 6.45) is 0.773. The van der Waals surface area contributed by atoms with E-state index >= 15 is 0 Å². The van der Waals surface area contributed by atoms with E-state index in [4.69, 9.17) is 13.6 Å². The third-order valence-electron chi connectivity index (χ3n) is 4.51. The second kappa shape index (κ2) is 7.62. The van der Waals surface area contributed by atoms with Crippen LogP contribution in [0, 0.1) is 0 Å². The summed E-state index contributed by atoms with van der Waals surface area (Å²) in [5.41, 5.74) is 2.13. The molecule has 0 saturated heterocycles. The molecule has 0 aliphatic heterocycles. The number of ether oxygens (including phenoxy) is 1. The van der Waals surface area contributed by atoms with Crippen molar-refractivity contribution >= 4 is 16.9 Å². The normalized spacial score (nSPS) is 12.1. The van der Waals surface area contributed by atoms with Crippen molar-refractivity contribution in [3.63, 3.8) is 0 Å². The average Bonchev–Trinajstić information content (AvgIpc) is 3.41. The Kier molecular flexibility index (Phi) is 4.87. The molecule has 6 heteroatoms. The van der Waals surface area contributed by atoms with Crippen LogP contribution >= 0.6 is 0 Å². The van der Waals surface area contributed by atoms with Crippen LogP contribution in [0.3, 0.4) is 0 Å². The lowest BCUT2D eigenvalue weighted by Gasteiger charge is -2.12. The number of hydrogen-bond acceptors (Lipinski definition) is 5. The lowest BCUT2D eigenvalue weighted by Crippen LogP contribution is -2.28. The minimum absolute atomic E-state index is 0.0626. The molecule has 2 heterocycles. The Morgan fingerprint density at radius 3 is 2.68 bits per heavy atom. The highest BCUT2D eigenvalue weighted by Crippen LogP contribution is 2.28. The van der Waals surface area contributed by atoms with Gasteiger partial charge in [-0.15, -0.1) is 0 Å². The molecule has 1 atom stereocenters. The van der Waals surface area contributed by atoms with Gasteiger partial charge in [-0.3, -0.25) is 4.79 Å². The Bertz CT molecular complexity index is 1080. The number of para-hydroxylation sites is 1. The molecule has 0 radical (unpaired) electrons. The van der Waals surface area contributed by atoms with E-state index in [-0.39, 0.29) is 12.3 Å². The molecular weight excluding hydrogens is 358 g/mol. The fourth-order valence-electron chi connectivity index (χ4n) is 3.02. The molecule has 2 N–H and O–H groups in total. The molecule has 0 fully saturated rings. The van der Waals surface area contributed by atoms with Gasteiger partial charge in [-0.05, 0) is 29.8 Å². The lowest BCUT2D eigenvalue weighted by molar-refractivity contribution is 0.0891. The van der Waals surface area contributed by atoms with Crippen LogP contribution in [0.1, 0.15) is 22.2 Å². The number of nitrogens with one attached hydrogen (secondary N) is 1. The first-order valence-corrected chi connectivity index (χ1v) is 8.82. The van der Waals surface area contributed by atoms with Crippen molar-refractivity contribution in [2.24, 2.45) is 0 Å². The predicted octanol–water partition coefficient (Wildman–Crippen LogP) is 4.16. The molecule has 0 aliphatic rings. The molecule has 1 amide bonds. The van der Waals surface area contributed by atoms with Crippen LogP contribution in [0.2, 0.25) is 0 Å². The number of furan rings is 2. The van der Waals surface area contributed by atoms with Gasteiger partial charge in [0.1, 0.15) is 5.76 Å². The molecule has 2 aromatic carbocycles. The maximum absolute atomic E-state index is 12.4. The zero-order chi connectivity index (χ0) is 19.5. The molecule has 4 aromatic rings. The van der Waals surface area contributed by atoms with Crippen LogP contribution in [0.15, 0.2) is 75.8 Å². The van der Waals surface area contributed by atoms with E-state index in [1.54, 1.807) is 37.6 Å². The SMILES string of the molecule is COc1cccc2cc(C(=O)NC[C@@H](O)c3ccc(-c4ccco4)cc3)oc12. The summed E-state index contributed by atoms with van der Waals surface area (Å²) in [7, 11) is 1.55. The Morgan fingerprint density at radius 2 is 1.96 bits per heavy atom. The van der Waals surface area contributed by atoms with Gasteiger partial charge in [0.25, 0.3) is 5.91 Å². The summed E-state index contributed by atoms with van der Waals surface area (Å²) >= 11 is 0. The molecule has 28 heavy (non-hydrogen) atoms. The van der Waals surface area contributed by atoms with Crippen LogP contribution in [0.4, 0.5) is 0 Å². The van der Waals surface area contributed by atoms with Crippen molar-refractivity contribution in [2.75, 3.05) is 13.7 Å². The number of carbonyl (C=O) groups is 1. The highest BCUT2D eigenvalue weighted by molar-refractivity contribution is 5.97. The molecule has 2 aromatic heterocycles. The minimum Gasteiger partial charge on any atom is -0.493 e. The minimum atomic E-state index is -0.839. The summed E-state index contributed by atoms with van der Waals surface area (Å²) < 4.78 is 16.2. The van der Waals surface area contributed by atoms with Gasteiger partial charge in [0.15, 0.2) is 17.1 Å². The quantitative estimate of drug-likeness (QED) is 0.527. The third kappa shape index (κ3) is 3.50. The third-order valence-corrected chi connectivity index (χ3v) is 4.51. The van der Waals surface area contributed by atoms with Crippen molar-refractivity contribution < 1.29 is 23.5 Å². The second-order valence-corrected chi connectivity index (χ2v) is 6.31. The molecule has 0 saturated carbocycles. The second-order valence-electron chi connectivity index (χ2n) is 6.31. The fourth-order valence-corrected chi connectivity index (χ4v) is 3.02. The van der Waals surface area contributed by atoms with Gasteiger partial charge in [-0.1, -0.05) is 36.4 Å². The van der Waals surface area contributed by atoms with Crippen molar-refractivity contribution in [2.45, 2.75) is 6.10 Å². The number of hydrogen-bond donors (Lipinski definition) is 2. The van der Waals surface area contributed by atoms with Crippen LogP contribution in [0.5, 0.6) is 5.75 Å². The van der Waals surface area contributed by atoms with E-state index in [2.05, 4.69) is 5.32 Å². The number of rotatable bonds is 6. The first-order chi connectivity index (χ1) is 13.7. The zero-order valence-electron chi connectivity index (χ0n) is 15.2. The fraction of sp³-hybridized carbons (Fsp3) is 0.136. The van der Waals surface area contributed by atoms with Gasteiger partial charge >= 0.3 is 0 Å². The zero-order valence-corrected chi connectivity index (χ0v) is 15.2. The first-order valence-electron chi connectivity index (χ1n) is 8.82. The topological polar surface area (TPSA) is 84.8 Å². The summed E-state index contributed by atoms with van der Waals surface area (Å²) in [4.78, 5) is 12.4. The van der Waals surface area contributed by atoms with Crippen LogP contribution in [-0.4, -0.2) is 24.7 Å². The van der Waals surface area contributed by atoms with Gasteiger partial charge in [-0.25, -0.2) is 0 Å². The molecule has 0 aliphatic carbocycles. The molecule has 6 nitrogen and oxygen atoms in total. The molecule has 0 unspecified atom stereocenters. The molecule has 0 spiro atoms. The maximum Gasteiger partial charge on any atom is 0.287 e. The number of methoxy groups -OCH3 is 1. The number of fused-ring (bicyclic) bond motifs is 1. The van der Waals surface area contributed by atoms with E-state index in [1.807, 2.05) is 36.4 Å². The lowest BCUT2D eigenvalue weighted by atomic mass is 10.1. The van der Waals surface area contributed by atoms with Crippen LogP contribution < -0.4 is 10.1 Å². The Morgan fingerprint density at radius 1 is 1.14 bits per heavy atom. The number of amides is 1. The number of benzene rings is 2. The maximum atomic E-state index is 12.4. The van der Waals surface area contributed by atoms with E-state index in [0.717, 1.165) is 16.7 Å². The highest BCUT2D eigenvalue weighted by Gasteiger charge is 2.16. The molecule has 4 rings (SSSR count). The first kappa shape index (κ1) is 17.9. The summed E-state index contributed by atoms with van der Waals surface area (Å²) in [5, 5.41) is 13.8. The van der Waals surface area contributed by atoms with E-state index < -0.39 is 12.0 Å². The van der Waals surface area contributed by atoms with Gasteiger partial charge in [0, 0.05) is 17.5 Å². The number of aliphatic hydroxyl groups is 1. The highest BCUT2D eigenvalue weighted by atomic mass is 16.5. The van der Waals surface area contributed by atoms with E-state index in [1.165, 1.54) is 0 Å². The van der Waals surface area contributed by atoms with Crippen molar-refractivity contribution in [1.29, 1.82) is 0 Å². The van der Waals surface area contributed by atoms with E-state index in [0.29, 0.717) is 16.9 Å². The molecular formula is C22H19NO5. The monoisotopic (exact) mass is 377 g/mol. The molecule has 0 bridgehead atoms. The largest absolute Gasteiger partial charge is 0.493 e. The van der Waals surface area contributed by atoms with Crippen LogP contribution in [0.25, 0.3) is 22.3 Å². The Balaban J connectivity index is 1.41. The van der Waals surface area contributed by atoms with Crippen molar-refractivity contribution in [1.82, 2.24) is 5.32 Å². The predicted molar refractivity (Wildman–Crippen MR) is 104 cm³/mol. The Hall–Kier alpha value is -3.51. The summed E-state index contributed by atoms with van der Waals surface area (Å²) in [5.74, 6) is 1.09. The van der Waals surface area contributed by atoms with Crippen molar-refractivity contribution in [3.05, 3.63) is 78.3 Å². The van der Waals surface area contributed by atoms with Gasteiger partial charge in [-0.2, -0.15) is 0 Å². The van der Waals surface area contributed by atoms with Gasteiger partial charge < -0.3 is 24.0 Å². The van der Waals surface area contributed by atoms with Gasteiger partial charge in [0.05, 0.1) is 19.5 Å². The summed E-state index contributed by atoms with van der Waals surface area (Å²) in [6.45, 7) is 0.0626. The smallest absolute Gasteiger partial charge is 0.287 e. The molecule has 142 valence electrons. The van der Waals surface area contributed by atoms with E-state index in [9.17, 15) is 9.90 Å².